The Balaban J connectivity index is 1.62. The lowest BCUT2D eigenvalue weighted by Gasteiger charge is -2.17. The number of nitro groups is 1. The molecule has 0 spiro atoms. The summed E-state index contributed by atoms with van der Waals surface area (Å²) >= 11 is 5.64. The number of H-pyrrole nitrogens is 1. The molecule has 0 fully saturated rings. The largest absolute Gasteiger partial charge is 0.496 e. The van der Waals surface area contributed by atoms with Crippen LogP contribution in [-0.2, 0) is 10.0 Å². The van der Waals surface area contributed by atoms with E-state index in [0.29, 0.717) is 16.7 Å². The van der Waals surface area contributed by atoms with Gasteiger partial charge in [-0.2, -0.15) is 0 Å². The zero-order chi connectivity index (χ0) is 27.4. The van der Waals surface area contributed by atoms with E-state index in [-0.39, 0.29) is 40.3 Å². The van der Waals surface area contributed by atoms with Gasteiger partial charge in [0.25, 0.3) is 21.6 Å². The number of carbonyl (C=O) groups excluding carboxylic acids is 1. The number of aromatic nitrogens is 1. The molecule has 3 aromatic carbocycles. The van der Waals surface area contributed by atoms with Gasteiger partial charge in [-0.05, 0) is 35.9 Å². The van der Waals surface area contributed by atoms with E-state index in [1.807, 2.05) is 6.92 Å². The third-order valence-electron chi connectivity index (χ3n) is 6.04. The van der Waals surface area contributed by atoms with Crippen molar-refractivity contribution in [3.63, 3.8) is 0 Å². The molecule has 0 aliphatic heterocycles. The summed E-state index contributed by atoms with van der Waals surface area (Å²) in [6.45, 7) is 2.00. The smallest absolute Gasteiger partial charge is 0.270 e. The number of aromatic amines is 1. The third-order valence-corrected chi connectivity index (χ3v) is 7.56. The number of methoxy groups -OCH3 is 1. The highest BCUT2D eigenvalue weighted by Crippen LogP contribution is 2.37. The summed E-state index contributed by atoms with van der Waals surface area (Å²) in [5, 5.41) is 11.9. The van der Waals surface area contributed by atoms with E-state index in [4.69, 9.17) is 21.1 Å². The van der Waals surface area contributed by atoms with Crippen molar-refractivity contribution in [2.24, 2.45) is 0 Å². The fourth-order valence-corrected chi connectivity index (χ4v) is 5.35. The topological polar surface area (TPSA) is 141 Å². The molecule has 4 aromatic rings. The van der Waals surface area contributed by atoms with Gasteiger partial charge in [0, 0.05) is 46.3 Å². The number of carbonyl (C=O) groups is 1. The Hall–Kier alpha value is -4.09. The fraction of sp³-hybridized carbons (Fsp3) is 0.192. The van der Waals surface area contributed by atoms with Crippen molar-refractivity contribution in [2.45, 2.75) is 17.7 Å². The highest BCUT2D eigenvalue weighted by Gasteiger charge is 2.25. The first-order valence-corrected chi connectivity index (χ1v) is 13.5. The van der Waals surface area contributed by atoms with Gasteiger partial charge >= 0.3 is 0 Å². The molecule has 1 heterocycles. The Morgan fingerprint density at radius 1 is 1.11 bits per heavy atom. The maximum atomic E-state index is 13.0. The Labute approximate surface area is 223 Å². The minimum absolute atomic E-state index is 0.0274. The summed E-state index contributed by atoms with van der Waals surface area (Å²) in [7, 11) is -2.81. The van der Waals surface area contributed by atoms with Gasteiger partial charge in [0.05, 0.1) is 17.9 Å². The summed E-state index contributed by atoms with van der Waals surface area (Å²) in [5.41, 5.74) is 2.29. The number of alkyl halides is 1. The van der Waals surface area contributed by atoms with Crippen LogP contribution >= 0.6 is 11.6 Å². The molecular weight excluding hydrogens is 534 g/mol. The lowest BCUT2D eigenvalue weighted by molar-refractivity contribution is -0.384. The average Bonchev–Trinajstić information content (AvgIpc) is 3.34. The molecule has 198 valence electrons. The van der Waals surface area contributed by atoms with Gasteiger partial charge in [-0.1, -0.05) is 25.1 Å². The van der Waals surface area contributed by atoms with Crippen molar-refractivity contribution in [1.29, 1.82) is 0 Å². The molecule has 0 aliphatic rings. The van der Waals surface area contributed by atoms with Crippen molar-refractivity contribution in [3.8, 4) is 11.5 Å². The number of benzene rings is 3. The van der Waals surface area contributed by atoms with E-state index in [2.05, 4.69) is 9.71 Å². The number of rotatable bonds is 10. The molecule has 10 nitrogen and oxygen atoms in total. The second-order valence-corrected chi connectivity index (χ2v) is 10.4. The molecule has 0 saturated carbocycles. The molecular formula is C26H24ClN3O7S. The van der Waals surface area contributed by atoms with Crippen LogP contribution in [0.25, 0.3) is 10.9 Å². The van der Waals surface area contributed by atoms with Crippen molar-refractivity contribution in [3.05, 3.63) is 93.7 Å². The molecule has 1 unspecified atom stereocenters. The van der Waals surface area contributed by atoms with Gasteiger partial charge in [0.2, 0.25) is 0 Å². The molecule has 1 atom stereocenters. The highest BCUT2D eigenvalue weighted by molar-refractivity contribution is 7.90. The van der Waals surface area contributed by atoms with Crippen LogP contribution in [0.4, 0.5) is 5.69 Å². The number of sulfonamides is 1. The van der Waals surface area contributed by atoms with Crippen molar-refractivity contribution >= 4 is 44.1 Å². The Kier molecular flexibility index (Phi) is 7.88. The van der Waals surface area contributed by atoms with Crippen molar-refractivity contribution in [2.75, 3.05) is 19.6 Å². The van der Waals surface area contributed by atoms with Crippen LogP contribution in [0.3, 0.4) is 0 Å². The number of hydrogen-bond donors (Lipinski definition) is 2. The highest BCUT2D eigenvalue weighted by atomic mass is 35.5. The maximum Gasteiger partial charge on any atom is 0.270 e. The zero-order valence-electron chi connectivity index (χ0n) is 20.4. The van der Waals surface area contributed by atoms with E-state index >= 15 is 0 Å². The van der Waals surface area contributed by atoms with Gasteiger partial charge in [0.15, 0.2) is 0 Å². The molecule has 38 heavy (non-hydrogen) atoms. The van der Waals surface area contributed by atoms with Crippen LogP contribution in [0.1, 0.15) is 34.3 Å². The average molecular weight is 558 g/mol. The van der Waals surface area contributed by atoms with Gasteiger partial charge in [-0.15, -0.1) is 11.6 Å². The molecule has 0 aliphatic carbocycles. The number of para-hydroxylation sites is 1. The quantitative estimate of drug-likeness (QED) is 0.159. The number of nitro benzene ring substituents is 1. The van der Waals surface area contributed by atoms with E-state index in [9.17, 15) is 23.3 Å². The summed E-state index contributed by atoms with van der Waals surface area (Å²) in [6.07, 6.45) is 1.77. The van der Waals surface area contributed by atoms with Crippen molar-refractivity contribution in [1.82, 2.24) is 9.71 Å². The molecule has 2 N–H and O–H groups in total. The van der Waals surface area contributed by atoms with Gasteiger partial charge in [-0.25, -0.2) is 13.1 Å². The number of ether oxygens (including phenoxy) is 2. The standard InChI is InChI=1S/C26H24ClN3O7S/c1-16(21-15-28-22-10-8-18(30(32)33)14-20(21)22)19-9-7-17(13-24(19)36-2)26(31)29-38(34,35)25-6-4-3-5-23(25)37-12-11-27/h3-10,13-16,28H,11-12H2,1-2H3,(H,29,31). The first-order chi connectivity index (χ1) is 18.2. The fourth-order valence-electron chi connectivity index (χ4n) is 4.16. The zero-order valence-corrected chi connectivity index (χ0v) is 22.0. The Bertz CT molecular complexity index is 1620. The summed E-state index contributed by atoms with van der Waals surface area (Å²) in [6, 6.07) is 15.1. The summed E-state index contributed by atoms with van der Waals surface area (Å²) < 4.78 is 38.9. The van der Waals surface area contributed by atoms with Crippen LogP contribution in [0.5, 0.6) is 11.5 Å². The second kappa shape index (κ2) is 11.1. The maximum absolute atomic E-state index is 13.0. The molecule has 0 bridgehead atoms. The monoisotopic (exact) mass is 557 g/mol. The first kappa shape index (κ1) is 27.0. The predicted molar refractivity (Wildman–Crippen MR) is 143 cm³/mol. The third kappa shape index (κ3) is 5.43. The number of amides is 1. The van der Waals surface area contributed by atoms with Crippen LogP contribution in [0.15, 0.2) is 71.8 Å². The van der Waals surface area contributed by atoms with E-state index in [0.717, 1.165) is 11.1 Å². The number of nitrogens with one attached hydrogen (secondary N) is 2. The molecule has 4 rings (SSSR count). The van der Waals surface area contributed by atoms with Gasteiger partial charge in [0.1, 0.15) is 23.0 Å². The lowest BCUT2D eigenvalue weighted by atomic mass is 9.91. The van der Waals surface area contributed by atoms with E-state index in [1.165, 1.54) is 49.6 Å². The normalized spacial score (nSPS) is 12.2. The summed E-state index contributed by atoms with van der Waals surface area (Å²) in [4.78, 5) is 26.7. The predicted octanol–water partition coefficient (Wildman–Crippen LogP) is 4.97. The number of halogens is 1. The molecule has 1 aromatic heterocycles. The minimum Gasteiger partial charge on any atom is -0.496 e. The van der Waals surface area contributed by atoms with Crippen LogP contribution < -0.4 is 14.2 Å². The number of non-ortho nitro benzene ring substituents is 1. The van der Waals surface area contributed by atoms with E-state index < -0.39 is 20.9 Å². The Morgan fingerprint density at radius 3 is 2.58 bits per heavy atom. The molecule has 0 radical (unpaired) electrons. The second-order valence-electron chi connectivity index (χ2n) is 8.33. The lowest BCUT2D eigenvalue weighted by Crippen LogP contribution is -2.31. The van der Waals surface area contributed by atoms with E-state index in [1.54, 1.807) is 24.4 Å². The van der Waals surface area contributed by atoms with Gasteiger partial charge in [-0.3, -0.25) is 14.9 Å². The van der Waals surface area contributed by atoms with Gasteiger partial charge < -0.3 is 14.5 Å². The molecule has 12 heteroatoms. The number of hydrogen-bond acceptors (Lipinski definition) is 7. The Morgan fingerprint density at radius 2 is 1.87 bits per heavy atom. The molecule has 1 amide bonds. The van der Waals surface area contributed by atoms with Crippen molar-refractivity contribution < 1.29 is 27.6 Å². The summed E-state index contributed by atoms with van der Waals surface area (Å²) in [5.74, 6) is -0.520. The molecule has 0 saturated heterocycles. The number of fused-ring (bicyclic) bond motifs is 1. The first-order valence-electron chi connectivity index (χ1n) is 11.4. The SMILES string of the molecule is COc1cc(C(=O)NS(=O)(=O)c2ccccc2OCCCl)ccc1C(C)c1c[nH]c2ccc([N+](=O)[O-])cc12. The number of nitrogens with zero attached hydrogens (tertiary/aromatic N) is 1. The van der Waals surface area contributed by atoms with Crippen LogP contribution in [0, 0.1) is 10.1 Å². The van der Waals surface area contributed by atoms with Crippen LogP contribution in [0.2, 0.25) is 0 Å². The minimum atomic E-state index is -4.25. The van der Waals surface area contributed by atoms with Crippen LogP contribution in [-0.4, -0.2) is 43.8 Å².